The van der Waals surface area contributed by atoms with Crippen LogP contribution < -0.4 is 16.0 Å². The molecule has 104 valence electrons. The number of nitrogen functional groups attached to an aromatic ring is 1. The SMILES string of the molecule is COc1cc(Cl)ccc1-c1nc2c(c(NN)n1)CSC2. The Morgan fingerprint density at radius 2 is 2.20 bits per heavy atom. The van der Waals surface area contributed by atoms with Gasteiger partial charge in [-0.15, -0.1) is 0 Å². The van der Waals surface area contributed by atoms with Crippen LogP contribution in [-0.2, 0) is 11.5 Å². The van der Waals surface area contributed by atoms with Gasteiger partial charge in [0.2, 0.25) is 0 Å². The summed E-state index contributed by atoms with van der Waals surface area (Å²) < 4.78 is 5.35. The molecule has 1 aromatic heterocycles. The second-order valence-electron chi connectivity index (χ2n) is 4.30. The van der Waals surface area contributed by atoms with Crippen LogP contribution in [0.1, 0.15) is 11.3 Å². The number of nitrogens with two attached hydrogens (primary N) is 1. The molecule has 2 aromatic rings. The number of hydrazine groups is 1. The first-order valence-corrected chi connectivity index (χ1v) is 7.54. The molecule has 0 bridgehead atoms. The van der Waals surface area contributed by atoms with Gasteiger partial charge < -0.3 is 10.2 Å². The van der Waals surface area contributed by atoms with Crippen molar-refractivity contribution in [1.29, 1.82) is 0 Å². The molecule has 1 aromatic carbocycles. The van der Waals surface area contributed by atoms with Crippen molar-refractivity contribution in [1.82, 2.24) is 9.97 Å². The van der Waals surface area contributed by atoms with Gasteiger partial charge in [-0.1, -0.05) is 11.6 Å². The van der Waals surface area contributed by atoms with Crippen LogP contribution in [0.25, 0.3) is 11.4 Å². The van der Waals surface area contributed by atoms with Gasteiger partial charge in [-0.3, -0.25) is 0 Å². The maximum absolute atomic E-state index is 5.98. The molecule has 2 heterocycles. The molecule has 1 aliphatic rings. The van der Waals surface area contributed by atoms with Gasteiger partial charge >= 0.3 is 0 Å². The van der Waals surface area contributed by atoms with E-state index in [4.69, 9.17) is 22.2 Å². The third-order valence-corrected chi connectivity index (χ3v) is 4.32. The molecule has 1 aliphatic heterocycles. The summed E-state index contributed by atoms with van der Waals surface area (Å²) in [5, 5.41) is 0.611. The van der Waals surface area contributed by atoms with Crippen molar-refractivity contribution in [3.8, 4) is 17.1 Å². The number of benzene rings is 1. The summed E-state index contributed by atoms with van der Waals surface area (Å²) in [6.45, 7) is 0. The van der Waals surface area contributed by atoms with Crippen LogP contribution in [-0.4, -0.2) is 17.1 Å². The average molecular weight is 309 g/mol. The van der Waals surface area contributed by atoms with Gasteiger partial charge in [-0.25, -0.2) is 15.8 Å². The lowest BCUT2D eigenvalue weighted by molar-refractivity contribution is 0.416. The highest BCUT2D eigenvalue weighted by atomic mass is 35.5. The van der Waals surface area contributed by atoms with Crippen molar-refractivity contribution in [3.05, 3.63) is 34.5 Å². The fourth-order valence-corrected chi connectivity index (χ4v) is 3.34. The number of nitrogens with zero attached hydrogens (tertiary/aromatic N) is 2. The van der Waals surface area contributed by atoms with Gasteiger partial charge in [0.1, 0.15) is 11.6 Å². The van der Waals surface area contributed by atoms with E-state index in [0.29, 0.717) is 22.4 Å². The number of hydrogen-bond donors (Lipinski definition) is 2. The highest BCUT2D eigenvalue weighted by Crippen LogP contribution is 2.36. The molecule has 0 saturated heterocycles. The maximum atomic E-state index is 5.98. The van der Waals surface area contributed by atoms with Crippen molar-refractivity contribution in [2.24, 2.45) is 5.84 Å². The maximum Gasteiger partial charge on any atom is 0.165 e. The number of halogens is 1. The number of fused-ring (bicyclic) bond motifs is 1. The van der Waals surface area contributed by atoms with Crippen molar-refractivity contribution in [3.63, 3.8) is 0 Å². The number of hydrogen-bond acceptors (Lipinski definition) is 6. The van der Waals surface area contributed by atoms with E-state index in [-0.39, 0.29) is 0 Å². The Balaban J connectivity index is 2.15. The monoisotopic (exact) mass is 308 g/mol. The Hall–Kier alpha value is -1.50. The predicted octanol–water partition coefficient (Wildman–Crippen LogP) is 2.84. The highest BCUT2D eigenvalue weighted by molar-refractivity contribution is 7.98. The van der Waals surface area contributed by atoms with E-state index < -0.39 is 0 Å². The number of nitrogens with one attached hydrogen (secondary N) is 1. The minimum atomic E-state index is 0.590. The van der Waals surface area contributed by atoms with Crippen LogP contribution in [0, 0.1) is 0 Å². The highest BCUT2D eigenvalue weighted by Gasteiger charge is 2.21. The number of methoxy groups -OCH3 is 1. The summed E-state index contributed by atoms with van der Waals surface area (Å²) in [5.74, 6) is 9.22. The van der Waals surface area contributed by atoms with Crippen LogP contribution in [0.3, 0.4) is 0 Å². The molecule has 0 amide bonds. The van der Waals surface area contributed by atoms with Gasteiger partial charge in [-0.2, -0.15) is 11.8 Å². The molecule has 7 heteroatoms. The van der Waals surface area contributed by atoms with Crippen LogP contribution in [0.2, 0.25) is 5.02 Å². The van der Waals surface area contributed by atoms with Crippen LogP contribution in [0.4, 0.5) is 5.82 Å². The van der Waals surface area contributed by atoms with Gasteiger partial charge in [0.05, 0.1) is 18.4 Å². The topological polar surface area (TPSA) is 73.1 Å². The lowest BCUT2D eigenvalue weighted by Crippen LogP contribution is -2.13. The number of anilines is 1. The fourth-order valence-electron chi connectivity index (χ4n) is 2.14. The summed E-state index contributed by atoms with van der Waals surface area (Å²) in [6.07, 6.45) is 0. The molecule has 3 N–H and O–H groups in total. The van der Waals surface area contributed by atoms with Crippen LogP contribution >= 0.6 is 23.4 Å². The first-order valence-electron chi connectivity index (χ1n) is 6.01. The van der Waals surface area contributed by atoms with Gasteiger partial charge in [-0.05, 0) is 18.2 Å². The molecule has 5 nitrogen and oxygen atoms in total. The first-order chi connectivity index (χ1) is 9.72. The predicted molar refractivity (Wildman–Crippen MR) is 81.8 cm³/mol. The minimum absolute atomic E-state index is 0.590. The minimum Gasteiger partial charge on any atom is -0.496 e. The second kappa shape index (κ2) is 5.47. The average Bonchev–Trinajstić information content (AvgIpc) is 2.94. The van der Waals surface area contributed by atoms with Gasteiger partial charge in [0, 0.05) is 22.1 Å². The van der Waals surface area contributed by atoms with E-state index in [1.165, 1.54) is 0 Å². The normalized spacial score (nSPS) is 13.2. The Bertz CT molecular complexity index is 665. The zero-order valence-electron chi connectivity index (χ0n) is 10.8. The second-order valence-corrected chi connectivity index (χ2v) is 5.72. The molecule has 0 radical (unpaired) electrons. The van der Waals surface area contributed by atoms with E-state index in [1.54, 1.807) is 31.0 Å². The smallest absolute Gasteiger partial charge is 0.165 e. The summed E-state index contributed by atoms with van der Waals surface area (Å²) in [6, 6.07) is 5.39. The number of thioether (sulfide) groups is 1. The zero-order chi connectivity index (χ0) is 14.1. The Kier molecular flexibility index (Phi) is 3.69. The molecule has 0 aliphatic carbocycles. The van der Waals surface area contributed by atoms with E-state index in [1.807, 2.05) is 6.07 Å². The Morgan fingerprint density at radius 1 is 1.35 bits per heavy atom. The molecule has 0 saturated carbocycles. The standard InChI is InChI=1S/C13H13ClN4OS/c1-19-11-4-7(14)2-3-8(11)12-16-10-6-20-5-9(10)13(17-12)18-15/h2-4H,5-6,15H2,1H3,(H,16,17,18). The van der Waals surface area contributed by atoms with E-state index in [0.717, 1.165) is 28.3 Å². The summed E-state index contributed by atoms with van der Waals surface area (Å²) in [4.78, 5) is 9.11. The Labute approximate surface area is 125 Å². The van der Waals surface area contributed by atoms with E-state index in [9.17, 15) is 0 Å². The number of aromatic nitrogens is 2. The number of ether oxygens (including phenoxy) is 1. The number of rotatable bonds is 3. The summed E-state index contributed by atoms with van der Waals surface area (Å²) >= 11 is 7.78. The largest absolute Gasteiger partial charge is 0.496 e. The molecule has 20 heavy (non-hydrogen) atoms. The van der Waals surface area contributed by atoms with Crippen LogP contribution in [0.5, 0.6) is 5.75 Å². The Morgan fingerprint density at radius 3 is 2.95 bits per heavy atom. The molecule has 0 fully saturated rings. The summed E-state index contributed by atoms with van der Waals surface area (Å²) in [7, 11) is 1.60. The van der Waals surface area contributed by atoms with Crippen molar-refractivity contribution in [2.75, 3.05) is 12.5 Å². The fraction of sp³-hybridized carbons (Fsp3) is 0.231. The lowest BCUT2D eigenvalue weighted by Gasteiger charge is -2.11. The van der Waals surface area contributed by atoms with E-state index >= 15 is 0 Å². The van der Waals surface area contributed by atoms with Gasteiger partial charge in [0.25, 0.3) is 0 Å². The van der Waals surface area contributed by atoms with Crippen LogP contribution in [0.15, 0.2) is 18.2 Å². The molecule has 0 unspecified atom stereocenters. The lowest BCUT2D eigenvalue weighted by atomic mass is 10.1. The molecule has 3 rings (SSSR count). The summed E-state index contributed by atoms with van der Waals surface area (Å²) in [5.41, 5.74) is 5.55. The van der Waals surface area contributed by atoms with Crippen molar-refractivity contribution < 1.29 is 4.74 Å². The van der Waals surface area contributed by atoms with E-state index in [2.05, 4.69) is 15.4 Å². The third kappa shape index (κ3) is 2.30. The quantitative estimate of drug-likeness (QED) is 0.671. The molecular weight excluding hydrogens is 296 g/mol. The first kappa shape index (κ1) is 13.5. The van der Waals surface area contributed by atoms with Crippen molar-refractivity contribution in [2.45, 2.75) is 11.5 Å². The molecular formula is C13H13ClN4OS. The third-order valence-electron chi connectivity index (χ3n) is 3.12. The molecule has 0 atom stereocenters. The zero-order valence-corrected chi connectivity index (χ0v) is 12.4. The van der Waals surface area contributed by atoms with Gasteiger partial charge in [0.15, 0.2) is 5.82 Å². The molecule has 0 spiro atoms. The van der Waals surface area contributed by atoms with Crippen molar-refractivity contribution >= 4 is 29.2 Å².